The lowest BCUT2D eigenvalue weighted by Crippen LogP contribution is -2.26. The van der Waals surface area contributed by atoms with Gasteiger partial charge in [-0.05, 0) is 58.1 Å². The van der Waals surface area contributed by atoms with Crippen LogP contribution in [0.4, 0.5) is 0 Å². The van der Waals surface area contributed by atoms with E-state index in [0.717, 1.165) is 4.47 Å². The molecule has 4 aromatic carbocycles. The number of halogens is 1. The second-order valence-corrected chi connectivity index (χ2v) is 8.84. The summed E-state index contributed by atoms with van der Waals surface area (Å²) in [5, 5.41) is 1.29. The highest BCUT2D eigenvalue weighted by Gasteiger charge is 2.52. The third-order valence-corrected chi connectivity index (χ3v) is 7.14. The molecule has 0 fully saturated rings. The van der Waals surface area contributed by atoms with Gasteiger partial charge in [-0.1, -0.05) is 82.7 Å². The third kappa shape index (κ3) is 1.73. The first-order valence-corrected chi connectivity index (χ1v) is 10.7. The van der Waals surface area contributed by atoms with Gasteiger partial charge in [-0.3, -0.25) is 0 Å². The Morgan fingerprint density at radius 1 is 0.621 bits per heavy atom. The van der Waals surface area contributed by atoms with Crippen LogP contribution in [-0.4, -0.2) is 4.57 Å². The van der Waals surface area contributed by atoms with Crippen LogP contribution in [0.5, 0.6) is 0 Å². The van der Waals surface area contributed by atoms with Gasteiger partial charge in [-0.25, -0.2) is 0 Å². The molecule has 0 saturated carbocycles. The maximum Gasteiger partial charge on any atom is 0.0890 e. The molecule has 0 radical (unpaired) electrons. The molecule has 0 N–H and O–H groups in total. The molecule has 7 rings (SSSR count). The number of rotatable bonds is 0. The lowest BCUT2D eigenvalue weighted by atomic mass is 9.71. The van der Waals surface area contributed by atoms with Crippen LogP contribution < -0.4 is 0 Å². The minimum absolute atomic E-state index is 0.286. The fourth-order valence-electron chi connectivity index (χ4n) is 5.63. The van der Waals surface area contributed by atoms with Crippen molar-refractivity contribution in [2.45, 2.75) is 5.41 Å². The van der Waals surface area contributed by atoms with E-state index >= 15 is 0 Å². The van der Waals surface area contributed by atoms with Crippen LogP contribution in [0.2, 0.25) is 0 Å². The van der Waals surface area contributed by atoms with Crippen LogP contribution in [0, 0.1) is 0 Å². The van der Waals surface area contributed by atoms with Crippen LogP contribution in [0.1, 0.15) is 22.4 Å². The van der Waals surface area contributed by atoms with E-state index in [9.17, 15) is 0 Å². The molecule has 1 nitrogen and oxygen atoms in total. The first-order chi connectivity index (χ1) is 14.3. The number of hydrogen-bond acceptors (Lipinski definition) is 0. The number of benzene rings is 4. The second-order valence-electron chi connectivity index (χ2n) is 7.93. The second kappa shape index (κ2) is 5.28. The van der Waals surface area contributed by atoms with Crippen molar-refractivity contribution in [2.75, 3.05) is 0 Å². The largest absolute Gasteiger partial charge is 0.312 e. The van der Waals surface area contributed by atoms with Crippen LogP contribution in [0.3, 0.4) is 0 Å². The maximum atomic E-state index is 3.75. The van der Waals surface area contributed by atoms with E-state index in [1.807, 2.05) is 0 Å². The fourth-order valence-corrected chi connectivity index (χ4v) is 5.99. The normalized spacial score (nSPS) is 18.0. The standard InChI is InChI=1S/C27H16BrN/c28-18-13-14-20-19-8-2-3-9-21(19)27(23(20)16-18)22-10-4-6-12-25(22)29-24-11-5-1-7-17(24)15-26(27)29/h1-16H. The van der Waals surface area contributed by atoms with Crippen LogP contribution >= 0.6 is 15.9 Å². The monoisotopic (exact) mass is 433 g/mol. The van der Waals surface area contributed by atoms with Crippen molar-refractivity contribution in [2.24, 2.45) is 0 Å². The van der Waals surface area contributed by atoms with Crippen LogP contribution in [-0.2, 0) is 5.41 Å². The molecule has 5 aromatic rings. The van der Waals surface area contributed by atoms with Gasteiger partial charge < -0.3 is 4.57 Å². The molecule has 1 aromatic heterocycles. The lowest BCUT2D eigenvalue weighted by molar-refractivity contribution is 0.770. The summed E-state index contributed by atoms with van der Waals surface area (Å²) in [5.41, 5.74) is 10.4. The van der Waals surface area contributed by atoms with Crippen LogP contribution in [0.25, 0.3) is 27.7 Å². The molecular formula is C27H16BrN. The predicted octanol–water partition coefficient (Wildman–Crippen LogP) is 7.07. The quantitative estimate of drug-likeness (QED) is 0.241. The summed E-state index contributed by atoms with van der Waals surface area (Å²) in [5.74, 6) is 0. The summed E-state index contributed by atoms with van der Waals surface area (Å²) < 4.78 is 3.59. The van der Waals surface area contributed by atoms with Crippen molar-refractivity contribution in [1.82, 2.24) is 4.57 Å². The van der Waals surface area contributed by atoms with Crippen molar-refractivity contribution >= 4 is 26.8 Å². The van der Waals surface area contributed by atoms with Gasteiger partial charge in [0.1, 0.15) is 0 Å². The minimum Gasteiger partial charge on any atom is -0.312 e. The highest BCUT2D eigenvalue weighted by molar-refractivity contribution is 9.10. The summed E-state index contributed by atoms with van der Waals surface area (Å²) in [6, 6.07) is 35.7. The first-order valence-electron chi connectivity index (χ1n) is 9.91. The SMILES string of the molecule is Brc1ccc2c(c1)C1(c3ccccc3-2)c2ccccc2-n2c1cc1ccccc12. The Morgan fingerprint density at radius 2 is 1.34 bits per heavy atom. The number of nitrogens with zero attached hydrogens (tertiary/aromatic N) is 1. The zero-order valence-corrected chi connectivity index (χ0v) is 17.1. The molecule has 1 aliphatic heterocycles. The smallest absolute Gasteiger partial charge is 0.0890 e. The molecular weight excluding hydrogens is 418 g/mol. The Morgan fingerprint density at radius 3 is 2.28 bits per heavy atom. The van der Waals surface area contributed by atoms with Gasteiger partial charge in [0.15, 0.2) is 0 Å². The van der Waals surface area contributed by atoms with Gasteiger partial charge in [0.05, 0.1) is 16.6 Å². The van der Waals surface area contributed by atoms with E-state index < -0.39 is 0 Å². The van der Waals surface area contributed by atoms with Crippen molar-refractivity contribution in [3.8, 4) is 16.8 Å². The highest BCUT2D eigenvalue weighted by atomic mass is 79.9. The molecule has 0 amide bonds. The molecule has 29 heavy (non-hydrogen) atoms. The molecule has 2 aliphatic rings. The average molecular weight is 434 g/mol. The highest BCUT2D eigenvalue weighted by Crippen LogP contribution is 2.61. The Labute approximate surface area is 177 Å². The van der Waals surface area contributed by atoms with Gasteiger partial charge in [-0.2, -0.15) is 0 Å². The first kappa shape index (κ1) is 15.8. The Hall–Kier alpha value is -3.10. The minimum atomic E-state index is -0.286. The average Bonchev–Trinajstić information content (AvgIpc) is 3.37. The molecule has 0 bridgehead atoms. The maximum absolute atomic E-state index is 3.75. The molecule has 1 spiro atoms. The Bertz CT molecular complexity index is 1480. The summed E-state index contributed by atoms with van der Waals surface area (Å²) in [7, 11) is 0. The van der Waals surface area contributed by atoms with E-state index in [1.54, 1.807) is 0 Å². The molecule has 2 heterocycles. The third-order valence-electron chi connectivity index (χ3n) is 6.65. The van der Waals surface area contributed by atoms with Crippen molar-refractivity contribution in [1.29, 1.82) is 0 Å². The number of fused-ring (bicyclic) bond motifs is 12. The Kier molecular flexibility index (Phi) is 2.87. The van der Waals surface area contributed by atoms with Gasteiger partial charge >= 0.3 is 0 Å². The van der Waals surface area contributed by atoms with Gasteiger partial charge in [-0.15, -0.1) is 0 Å². The zero-order chi connectivity index (χ0) is 19.2. The summed E-state index contributed by atoms with van der Waals surface area (Å²) in [6.07, 6.45) is 0. The van der Waals surface area contributed by atoms with Crippen molar-refractivity contribution in [3.05, 3.63) is 124 Å². The van der Waals surface area contributed by atoms with E-state index in [0.29, 0.717) is 0 Å². The molecule has 1 atom stereocenters. The summed E-state index contributed by atoms with van der Waals surface area (Å²) >= 11 is 3.75. The lowest BCUT2D eigenvalue weighted by Gasteiger charge is -2.28. The van der Waals surface area contributed by atoms with Gasteiger partial charge in [0.25, 0.3) is 0 Å². The van der Waals surface area contributed by atoms with Crippen molar-refractivity contribution in [3.63, 3.8) is 0 Å². The Balaban J connectivity index is 1.76. The zero-order valence-electron chi connectivity index (χ0n) is 15.6. The summed E-state index contributed by atoms with van der Waals surface area (Å²) in [4.78, 5) is 0. The molecule has 2 heteroatoms. The number of para-hydroxylation sites is 2. The fraction of sp³-hybridized carbons (Fsp3) is 0.0370. The summed E-state index contributed by atoms with van der Waals surface area (Å²) in [6.45, 7) is 0. The van der Waals surface area contributed by atoms with E-state index in [4.69, 9.17) is 0 Å². The van der Waals surface area contributed by atoms with E-state index in [-0.39, 0.29) is 5.41 Å². The van der Waals surface area contributed by atoms with Crippen LogP contribution in [0.15, 0.2) is 102 Å². The van der Waals surface area contributed by atoms with Gasteiger partial charge in [0, 0.05) is 15.6 Å². The molecule has 1 unspecified atom stereocenters. The molecule has 1 aliphatic carbocycles. The van der Waals surface area contributed by atoms with E-state index in [2.05, 4.69) is 118 Å². The number of aromatic nitrogens is 1. The van der Waals surface area contributed by atoms with Gasteiger partial charge in [0.2, 0.25) is 0 Å². The number of hydrogen-bond donors (Lipinski definition) is 0. The van der Waals surface area contributed by atoms with E-state index in [1.165, 1.54) is 50.1 Å². The molecule has 0 saturated heterocycles. The topological polar surface area (TPSA) is 4.93 Å². The predicted molar refractivity (Wildman–Crippen MR) is 122 cm³/mol. The van der Waals surface area contributed by atoms with Crippen molar-refractivity contribution < 1.29 is 0 Å². The molecule has 136 valence electrons.